The van der Waals surface area contributed by atoms with E-state index in [0.717, 1.165) is 11.3 Å². The minimum atomic E-state index is -5.62. The van der Waals surface area contributed by atoms with E-state index in [0.29, 0.717) is 25.8 Å². The van der Waals surface area contributed by atoms with Crippen molar-refractivity contribution < 1.29 is 31.1 Å². The van der Waals surface area contributed by atoms with Crippen LogP contribution >= 0.6 is 0 Å². The minimum Gasteiger partial charge on any atom is -0.337 e. The van der Waals surface area contributed by atoms with E-state index in [1.807, 2.05) is 0 Å². The van der Waals surface area contributed by atoms with Crippen LogP contribution in [-0.4, -0.2) is 48.3 Å². The number of nitrogens with one attached hydrogen (secondary N) is 1. The Morgan fingerprint density at radius 2 is 1.67 bits per heavy atom. The normalized spacial score (nSPS) is 23.7. The van der Waals surface area contributed by atoms with Crippen molar-refractivity contribution in [1.29, 1.82) is 0 Å². The Hall–Kier alpha value is -0.990. The molecule has 2 aliphatic rings. The van der Waals surface area contributed by atoms with E-state index in [9.17, 15) is 31.1 Å². The first-order valence-electron chi connectivity index (χ1n) is 6.78. The highest BCUT2D eigenvalue weighted by molar-refractivity contribution is 5.81. The number of amides is 1. The lowest BCUT2D eigenvalue weighted by Gasteiger charge is -2.31. The summed E-state index contributed by atoms with van der Waals surface area (Å²) in [4.78, 5) is 12.6. The molecule has 1 heterocycles. The number of halogens is 6. The minimum absolute atomic E-state index is 0.0911. The van der Waals surface area contributed by atoms with Crippen LogP contribution in [0.4, 0.5) is 26.3 Å². The molecular weight excluding hydrogens is 302 g/mol. The number of carbonyl (C=O) groups excluding carboxylic acids is 1. The molecule has 0 aromatic carbocycles. The maximum absolute atomic E-state index is 12.6. The fraction of sp³-hybridized carbons (Fsp3) is 0.917. The summed E-state index contributed by atoms with van der Waals surface area (Å²) < 4.78 is 75.8. The number of rotatable bonds is 4. The van der Waals surface area contributed by atoms with Crippen LogP contribution in [0.5, 0.6) is 0 Å². The number of alkyl halides is 6. The summed E-state index contributed by atoms with van der Waals surface area (Å²) in [5.41, 5.74) is 0. The average Bonchev–Trinajstić information content (AvgIpc) is 2.99. The standard InChI is InChI=1S/C12H16F6N2O/c13-11(14,15)9(12(16,17)18)10(21)20(8-3-4-8)6-7-2-1-5-19-7/h7-9,19H,1-6H2. The van der Waals surface area contributed by atoms with Crippen molar-refractivity contribution in [2.75, 3.05) is 13.1 Å². The molecule has 0 aromatic rings. The molecule has 1 aliphatic carbocycles. The zero-order chi connectivity index (χ0) is 15.8. The molecule has 0 spiro atoms. The molecule has 1 aliphatic heterocycles. The topological polar surface area (TPSA) is 32.3 Å². The van der Waals surface area contributed by atoms with E-state index in [4.69, 9.17) is 0 Å². The molecular formula is C12H16F6N2O. The molecule has 21 heavy (non-hydrogen) atoms. The highest BCUT2D eigenvalue weighted by Gasteiger charge is 2.62. The van der Waals surface area contributed by atoms with Crippen molar-refractivity contribution in [2.24, 2.45) is 5.92 Å². The summed E-state index contributed by atoms with van der Waals surface area (Å²) in [6.45, 7) is 0.575. The smallest absolute Gasteiger partial charge is 0.337 e. The maximum Gasteiger partial charge on any atom is 0.409 e. The second-order valence-corrected chi connectivity index (χ2v) is 5.53. The van der Waals surface area contributed by atoms with Gasteiger partial charge in [0.1, 0.15) is 0 Å². The highest BCUT2D eigenvalue weighted by atomic mass is 19.4. The van der Waals surface area contributed by atoms with Gasteiger partial charge in [0.25, 0.3) is 0 Å². The number of carbonyl (C=O) groups is 1. The van der Waals surface area contributed by atoms with E-state index in [1.54, 1.807) is 0 Å². The van der Waals surface area contributed by atoms with Crippen molar-refractivity contribution >= 4 is 5.91 Å². The second-order valence-electron chi connectivity index (χ2n) is 5.53. The monoisotopic (exact) mass is 318 g/mol. The van der Waals surface area contributed by atoms with Gasteiger partial charge in [-0.3, -0.25) is 4.79 Å². The zero-order valence-electron chi connectivity index (χ0n) is 11.1. The van der Waals surface area contributed by atoms with Gasteiger partial charge in [-0.1, -0.05) is 0 Å². The predicted molar refractivity (Wildman–Crippen MR) is 61.4 cm³/mol. The van der Waals surface area contributed by atoms with Gasteiger partial charge in [-0.15, -0.1) is 0 Å². The van der Waals surface area contributed by atoms with Crippen molar-refractivity contribution in [1.82, 2.24) is 10.2 Å². The molecule has 2 fully saturated rings. The molecule has 3 nitrogen and oxygen atoms in total. The van der Waals surface area contributed by atoms with Gasteiger partial charge < -0.3 is 10.2 Å². The Balaban J connectivity index is 2.15. The first-order chi connectivity index (χ1) is 9.60. The lowest BCUT2D eigenvalue weighted by molar-refractivity contribution is -0.277. The van der Waals surface area contributed by atoms with Crippen molar-refractivity contribution in [3.05, 3.63) is 0 Å². The Labute approximate surface area is 117 Å². The quantitative estimate of drug-likeness (QED) is 0.808. The van der Waals surface area contributed by atoms with Crippen LogP contribution in [0.15, 0.2) is 0 Å². The van der Waals surface area contributed by atoms with Crippen molar-refractivity contribution in [3.63, 3.8) is 0 Å². The summed E-state index contributed by atoms with van der Waals surface area (Å²) in [5, 5.41) is 2.98. The highest BCUT2D eigenvalue weighted by Crippen LogP contribution is 2.42. The summed E-state index contributed by atoms with van der Waals surface area (Å²) in [6, 6.07) is -0.719. The van der Waals surface area contributed by atoms with Gasteiger partial charge in [-0.2, -0.15) is 26.3 Å². The second kappa shape index (κ2) is 5.66. The zero-order valence-corrected chi connectivity index (χ0v) is 11.1. The van der Waals surface area contributed by atoms with Crippen molar-refractivity contribution in [2.45, 2.75) is 50.1 Å². The van der Waals surface area contributed by atoms with Gasteiger partial charge in [0.15, 0.2) is 0 Å². The molecule has 1 atom stereocenters. The molecule has 9 heteroatoms. The largest absolute Gasteiger partial charge is 0.409 e. The molecule has 0 bridgehead atoms. The summed E-state index contributed by atoms with van der Waals surface area (Å²) in [7, 11) is 0. The third-order valence-corrected chi connectivity index (χ3v) is 3.75. The van der Waals surface area contributed by atoms with Gasteiger partial charge in [0, 0.05) is 18.6 Å². The number of hydrogen-bond donors (Lipinski definition) is 1. The third kappa shape index (κ3) is 4.02. The van der Waals surface area contributed by atoms with Crippen LogP contribution in [-0.2, 0) is 4.79 Å². The van der Waals surface area contributed by atoms with Gasteiger partial charge >= 0.3 is 12.4 Å². The van der Waals surface area contributed by atoms with Crippen molar-refractivity contribution in [3.8, 4) is 0 Å². The maximum atomic E-state index is 12.6. The first-order valence-corrected chi connectivity index (χ1v) is 6.78. The molecule has 1 saturated heterocycles. The van der Waals surface area contributed by atoms with Crippen LogP contribution in [0.2, 0.25) is 0 Å². The first kappa shape index (κ1) is 16.4. The van der Waals surface area contributed by atoms with Gasteiger partial charge in [0.2, 0.25) is 11.8 Å². The van der Waals surface area contributed by atoms with Crippen LogP contribution in [0.1, 0.15) is 25.7 Å². The number of nitrogens with zero attached hydrogens (tertiary/aromatic N) is 1. The van der Waals surface area contributed by atoms with Gasteiger partial charge in [0.05, 0.1) is 0 Å². The van der Waals surface area contributed by atoms with E-state index < -0.39 is 30.2 Å². The lowest BCUT2D eigenvalue weighted by Crippen LogP contribution is -2.52. The third-order valence-electron chi connectivity index (χ3n) is 3.75. The van der Waals surface area contributed by atoms with E-state index in [1.165, 1.54) is 0 Å². The van der Waals surface area contributed by atoms with Crippen LogP contribution < -0.4 is 5.32 Å². The molecule has 2 rings (SSSR count). The fourth-order valence-electron chi connectivity index (χ4n) is 2.59. The Morgan fingerprint density at radius 3 is 2.05 bits per heavy atom. The van der Waals surface area contributed by atoms with E-state index in [2.05, 4.69) is 5.32 Å². The van der Waals surface area contributed by atoms with Gasteiger partial charge in [-0.25, -0.2) is 0 Å². The molecule has 0 radical (unpaired) electrons. The Bertz CT molecular complexity index is 370. The SMILES string of the molecule is O=C(C(C(F)(F)F)C(F)(F)F)N(CC1CCCN1)C1CC1. The summed E-state index contributed by atoms with van der Waals surface area (Å²) >= 11 is 0. The van der Waals surface area contributed by atoms with Gasteiger partial charge in [-0.05, 0) is 32.2 Å². The van der Waals surface area contributed by atoms with E-state index >= 15 is 0 Å². The average molecular weight is 318 g/mol. The van der Waals surface area contributed by atoms with Crippen LogP contribution in [0, 0.1) is 5.92 Å². The Kier molecular flexibility index (Phi) is 4.41. The summed E-state index contributed by atoms with van der Waals surface area (Å²) in [5.74, 6) is -5.79. The summed E-state index contributed by atoms with van der Waals surface area (Å²) in [6.07, 6.45) is -8.86. The lowest BCUT2D eigenvalue weighted by atomic mass is 10.1. The predicted octanol–water partition coefficient (Wildman–Crippen LogP) is 2.47. The van der Waals surface area contributed by atoms with Crippen LogP contribution in [0.25, 0.3) is 0 Å². The van der Waals surface area contributed by atoms with E-state index in [-0.39, 0.29) is 12.6 Å². The van der Waals surface area contributed by atoms with Crippen LogP contribution in [0.3, 0.4) is 0 Å². The fourth-order valence-corrected chi connectivity index (χ4v) is 2.59. The molecule has 0 aromatic heterocycles. The molecule has 1 unspecified atom stereocenters. The Morgan fingerprint density at radius 1 is 1.10 bits per heavy atom. The molecule has 1 saturated carbocycles. The number of hydrogen-bond acceptors (Lipinski definition) is 2. The molecule has 122 valence electrons. The molecule has 1 N–H and O–H groups in total. The molecule has 1 amide bonds.